The van der Waals surface area contributed by atoms with Crippen molar-refractivity contribution in [3.63, 3.8) is 0 Å². The van der Waals surface area contributed by atoms with Gasteiger partial charge in [-0.3, -0.25) is 9.98 Å². The molecule has 18 heavy (non-hydrogen) atoms. The maximum atomic E-state index is 4.47. The first-order chi connectivity index (χ1) is 8.93. The van der Waals surface area contributed by atoms with Crippen LogP contribution in [0.3, 0.4) is 0 Å². The monoisotopic (exact) mass is 258 g/mol. The van der Waals surface area contributed by atoms with Crippen LogP contribution in [0.15, 0.2) is 41.0 Å². The van der Waals surface area contributed by atoms with Crippen LogP contribution >= 0.6 is 11.3 Å². The number of thiazole rings is 1. The Bertz CT molecular complexity index is 521. The molecule has 5 heteroatoms. The van der Waals surface area contributed by atoms with E-state index in [2.05, 4.69) is 26.3 Å². The zero-order valence-corrected chi connectivity index (χ0v) is 10.7. The number of hydrogen-bond donors (Lipinski definition) is 1. The number of nitrogens with one attached hydrogen (secondary N) is 1. The average molecular weight is 258 g/mol. The van der Waals surface area contributed by atoms with Crippen LogP contribution in [0.2, 0.25) is 0 Å². The fourth-order valence-corrected chi connectivity index (χ4v) is 2.84. The van der Waals surface area contributed by atoms with E-state index in [9.17, 15) is 0 Å². The Morgan fingerprint density at radius 2 is 2.28 bits per heavy atom. The molecule has 2 aromatic heterocycles. The van der Waals surface area contributed by atoms with Crippen LogP contribution < -0.4 is 5.32 Å². The van der Waals surface area contributed by atoms with Crippen molar-refractivity contribution in [2.24, 2.45) is 4.99 Å². The second kappa shape index (κ2) is 5.27. The van der Waals surface area contributed by atoms with E-state index < -0.39 is 0 Å². The molecule has 0 fully saturated rings. The maximum absolute atomic E-state index is 4.47. The number of pyridine rings is 1. The summed E-state index contributed by atoms with van der Waals surface area (Å²) in [5.41, 5.74) is 1.06. The minimum Gasteiger partial charge on any atom is -0.372 e. The van der Waals surface area contributed by atoms with Gasteiger partial charge in [0, 0.05) is 30.7 Å². The van der Waals surface area contributed by atoms with Crippen LogP contribution in [0.4, 0.5) is 0 Å². The van der Waals surface area contributed by atoms with Gasteiger partial charge in [-0.05, 0) is 12.1 Å². The summed E-state index contributed by atoms with van der Waals surface area (Å²) in [6.07, 6.45) is 4.53. The quantitative estimate of drug-likeness (QED) is 0.913. The average Bonchev–Trinajstić information content (AvgIpc) is 3.10. The van der Waals surface area contributed by atoms with Crippen LogP contribution in [0, 0.1) is 0 Å². The van der Waals surface area contributed by atoms with Crippen molar-refractivity contribution in [3.05, 3.63) is 46.7 Å². The molecule has 1 N–H and O–H groups in total. The number of aromatic nitrogens is 2. The zero-order valence-electron chi connectivity index (χ0n) is 9.91. The van der Waals surface area contributed by atoms with Crippen molar-refractivity contribution in [1.29, 1.82) is 0 Å². The SMILES string of the molecule is c1ccc(C(CC2=NCCN2)c2nccs2)nc1. The molecule has 1 aliphatic rings. The van der Waals surface area contributed by atoms with Gasteiger partial charge in [0.15, 0.2) is 0 Å². The highest BCUT2D eigenvalue weighted by Crippen LogP contribution is 2.28. The predicted octanol–water partition coefficient (Wildman–Crippen LogP) is 2.06. The minimum atomic E-state index is 0.204. The Balaban J connectivity index is 1.89. The first kappa shape index (κ1) is 11.3. The van der Waals surface area contributed by atoms with E-state index >= 15 is 0 Å². The van der Waals surface area contributed by atoms with Crippen molar-refractivity contribution in [1.82, 2.24) is 15.3 Å². The van der Waals surface area contributed by atoms with Crippen LogP contribution in [-0.2, 0) is 0 Å². The van der Waals surface area contributed by atoms with E-state index in [1.807, 2.05) is 29.9 Å². The molecule has 3 heterocycles. The van der Waals surface area contributed by atoms with E-state index in [0.717, 1.165) is 36.0 Å². The largest absolute Gasteiger partial charge is 0.372 e. The summed E-state index contributed by atoms with van der Waals surface area (Å²) in [5, 5.41) is 6.43. The summed E-state index contributed by atoms with van der Waals surface area (Å²) in [7, 11) is 0. The third-order valence-electron chi connectivity index (χ3n) is 2.94. The molecule has 1 aliphatic heterocycles. The molecule has 0 amide bonds. The molecule has 1 atom stereocenters. The van der Waals surface area contributed by atoms with Crippen molar-refractivity contribution in [3.8, 4) is 0 Å². The lowest BCUT2D eigenvalue weighted by Crippen LogP contribution is -2.21. The van der Waals surface area contributed by atoms with Gasteiger partial charge in [0.05, 0.1) is 24.0 Å². The summed E-state index contributed by atoms with van der Waals surface area (Å²) in [5.74, 6) is 1.27. The fourth-order valence-electron chi connectivity index (χ4n) is 2.08. The highest BCUT2D eigenvalue weighted by molar-refractivity contribution is 7.09. The second-order valence-corrected chi connectivity index (χ2v) is 5.06. The maximum Gasteiger partial charge on any atom is 0.102 e. The van der Waals surface area contributed by atoms with E-state index in [-0.39, 0.29) is 5.92 Å². The molecule has 0 radical (unpaired) electrons. The first-order valence-electron chi connectivity index (χ1n) is 6.01. The summed E-state index contributed by atoms with van der Waals surface area (Å²) < 4.78 is 0. The van der Waals surface area contributed by atoms with Gasteiger partial charge in [-0.15, -0.1) is 11.3 Å². The van der Waals surface area contributed by atoms with E-state index in [4.69, 9.17) is 0 Å². The van der Waals surface area contributed by atoms with Crippen molar-refractivity contribution < 1.29 is 0 Å². The molecule has 2 aromatic rings. The van der Waals surface area contributed by atoms with Gasteiger partial charge < -0.3 is 5.32 Å². The van der Waals surface area contributed by atoms with Gasteiger partial charge in [-0.2, -0.15) is 0 Å². The molecule has 0 aromatic carbocycles. The Labute approximate surface area is 110 Å². The summed E-state index contributed by atoms with van der Waals surface area (Å²) in [4.78, 5) is 13.4. The molecule has 0 aliphatic carbocycles. The summed E-state index contributed by atoms with van der Waals surface area (Å²) >= 11 is 1.68. The van der Waals surface area contributed by atoms with E-state index in [0.29, 0.717) is 0 Å². The molecule has 3 rings (SSSR count). The molecular formula is C13H14N4S. The third-order valence-corrected chi connectivity index (χ3v) is 3.82. The lowest BCUT2D eigenvalue weighted by Gasteiger charge is -2.14. The summed E-state index contributed by atoms with van der Waals surface area (Å²) in [6.45, 7) is 1.82. The van der Waals surface area contributed by atoms with Crippen molar-refractivity contribution >= 4 is 17.2 Å². The van der Waals surface area contributed by atoms with Crippen LogP contribution in [-0.4, -0.2) is 28.9 Å². The Morgan fingerprint density at radius 3 is 2.94 bits per heavy atom. The molecular weight excluding hydrogens is 244 g/mol. The topological polar surface area (TPSA) is 50.2 Å². The summed E-state index contributed by atoms with van der Waals surface area (Å²) in [6, 6.07) is 6.02. The van der Waals surface area contributed by atoms with E-state index in [1.165, 1.54) is 0 Å². The number of nitrogens with zero attached hydrogens (tertiary/aromatic N) is 3. The minimum absolute atomic E-state index is 0.204. The Hall–Kier alpha value is -1.75. The highest BCUT2D eigenvalue weighted by atomic mass is 32.1. The number of aliphatic imine (C=N–C) groups is 1. The number of rotatable bonds is 4. The second-order valence-electron chi connectivity index (χ2n) is 4.14. The molecule has 92 valence electrons. The molecule has 0 bridgehead atoms. The van der Waals surface area contributed by atoms with Crippen LogP contribution in [0.5, 0.6) is 0 Å². The highest BCUT2D eigenvalue weighted by Gasteiger charge is 2.21. The smallest absolute Gasteiger partial charge is 0.102 e. The molecule has 0 saturated carbocycles. The molecule has 0 saturated heterocycles. The number of amidine groups is 1. The lowest BCUT2D eigenvalue weighted by molar-refractivity contribution is 0.792. The van der Waals surface area contributed by atoms with Crippen molar-refractivity contribution in [2.75, 3.05) is 13.1 Å². The Morgan fingerprint density at radius 1 is 1.28 bits per heavy atom. The van der Waals surface area contributed by atoms with Gasteiger partial charge in [0.25, 0.3) is 0 Å². The van der Waals surface area contributed by atoms with Crippen LogP contribution in [0.25, 0.3) is 0 Å². The van der Waals surface area contributed by atoms with Gasteiger partial charge in [-0.1, -0.05) is 6.07 Å². The van der Waals surface area contributed by atoms with Gasteiger partial charge in [0.2, 0.25) is 0 Å². The normalized spacial score (nSPS) is 16.1. The fraction of sp³-hybridized carbons (Fsp3) is 0.308. The van der Waals surface area contributed by atoms with E-state index in [1.54, 1.807) is 11.3 Å². The third kappa shape index (κ3) is 2.41. The van der Waals surface area contributed by atoms with Gasteiger partial charge in [0.1, 0.15) is 5.01 Å². The Kier molecular flexibility index (Phi) is 3.32. The number of hydrogen-bond acceptors (Lipinski definition) is 5. The first-order valence-corrected chi connectivity index (χ1v) is 6.89. The lowest BCUT2D eigenvalue weighted by atomic mass is 10.0. The van der Waals surface area contributed by atoms with Gasteiger partial charge in [-0.25, -0.2) is 4.98 Å². The predicted molar refractivity (Wildman–Crippen MR) is 73.1 cm³/mol. The van der Waals surface area contributed by atoms with Crippen molar-refractivity contribution in [2.45, 2.75) is 12.3 Å². The molecule has 4 nitrogen and oxygen atoms in total. The standard InChI is InChI=1S/C13H14N4S/c1-2-4-14-11(3-1)10(13-17-7-8-18-13)9-12-15-5-6-16-12/h1-4,7-8,10H,5-6,9H2,(H,15,16). The van der Waals surface area contributed by atoms with Gasteiger partial charge >= 0.3 is 0 Å². The molecule has 1 unspecified atom stereocenters. The van der Waals surface area contributed by atoms with Crippen LogP contribution in [0.1, 0.15) is 23.0 Å². The molecule has 0 spiro atoms. The zero-order chi connectivity index (χ0) is 12.2.